The summed E-state index contributed by atoms with van der Waals surface area (Å²) in [5.74, 6) is 0.00979. The molecule has 0 bridgehead atoms. The largest absolute Gasteiger partial charge is 0.503 e. The van der Waals surface area contributed by atoms with Crippen molar-refractivity contribution in [3.05, 3.63) is 95.0 Å². The van der Waals surface area contributed by atoms with Crippen LogP contribution in [0.5, 0.6) is 0 Å². The zero-order valence-electron chi connectivity index (χ0n) is 22.8. The van der Waals surface area contributed by atoms with Crippen molar-refractivity contribution < 1.29 is 19.8 Å². The molecule has 0 radical (unpaired) electrons. The first-order valence-electron chi connectivity index (χ1n) is 13.6. The highest BCUT2D eigenvalue weighted by atomic mass is 35.5. The van der Waals surface area contributed by atoms with Crippen molar-refractivity contribution in [1.82, 2.24) is 10.2 Å². The Labute approximate surface area is 236 Å². The van der Waals surface area contributed by atoms with Crippen LogP contribution in [0.1, 0.15) is 61.9 Å². The van der Waals surface area contributed by atoms with E-state index in [1.807, 2.05) is 48.5 Å². The van der Waals surface area contributed by atoms with Crippen molar-refractivity contribution in [2.24, 2.45) is 0 Å². The zero-order chi connectivity index (χ0) is 28.3. The number of nitrogens with one attached hydrogen (secondary N) is 1. The molecule has 0 aliphatic carbocycles. The highest BCUT2D eigenvalue weighted by Crippen LogP contribution is 2.32. The van der Waals surface area contributed by atoms with Gasteiger partial charge in [0.2, 0.25) is 0 Å². The number of carbonyl (C=O) groups excluding carboxylic acids is 1. The highest BCUT2D eigenvalue weighted by molar-refractivity contribution is 6.30. The maximum atomic E-state index is 13.2. The van der Waals surface area contributed by atoms with Crippen LogP contribution in [-0.2, 0) is 5.41 Å². The fraction of sp³-hybridized carbons (Fsp3) is 0.375. The molecule has 0 spiro atoms. The topological polar surface area (TPSA) is 89.9 Å². The molecule has 4 rings (SSSR count). The van der Waals surface area contributed by atoms with Crippen LogP contribution >= 0.6 is 11.6 Å². The Balaban J connectivity index is 0.000000983. The first-order chi connectivity index (χ1) is 18.7. The molecule has 208 valence electrons. The first-order valence-corrected chi connectivity index (χ1v) is 13.9. The summed E-state index contributed by atoms with van der Waals surface area (Å²) >= 11 is 6.05. The summed E-state index contributed by atoms with van der Waals surface area (Å²) in [6.45, 7) is 7.90. The first kappa shape index (κ1) is 30.2. The van der Waals surface area contributed by atoms with Gasteiger partial charge in [0.25, 0.3) is 5.91 Å². The Kier molecular flexibility index (Phi) is 11.4. The van der Waals surface area contributed by atoms with Crippen LogP contribution in [-0.4, -0.2) is 52.9 Å². The predicted molar refractivity (Wildman–Crippen MR) is 158 cm³/mol. The molecule has 3 aromatic rings. The van der Waals surface area contributed by atoms with Crippen molar-refractivity contribution in [1.29, 1.82) is 0 Å². The molecule has 6 nitrogen and oxygen atoms in total. The monoisotopic (exact) mass is 550 g/mol. The summed E-state index contributed by atoms with van der Waals surface area (Å²) < 4.78 is 0. The van der Waals surface area contributed by atoms with E-state index in [1.54, 1.807) is 0 Å². The summed E-state index contributed by atoms with van der Waals surface area (Å²) in [5.41, 5.74) is 4.35. The number of likely N-dealkylation sites (tertiary alicyclic amines) is 1. The number of rotatable bonds is 9. The van der Waals surface area contributed by atoms with E-state index in [0.717, 1.165) is 55.6 Å². The van der Waals surface area contributed by atoms with Crippen molar-refractivity contribution in [2.45, 2.75) is 57.4 Å². The molecule has 1 aliphatic heterocycles. The van der Waals surface area contributed by atoms with Gasteiger partial charge in [-0.1, -0.05) is 86.1 Å². The van der Waals surface area contributed by atoms with Crippen LogP contribution in [0.4, 0.5) is 4.79 Å². The van der Waals surface area contributed by atoms with Gasteiger partial charge in [0.05, 0.1) is 0 Å². The summed E-state index contributed by atoms with van der Waals surface area (Å²) in [5, 5.41) is 17.9. The number of hydrogen-bond donors (Lipinski definition) is 3. The average Bonchev–Trinajstić information content (AvgIpc) is 2.94. The van der Waals surface area contributed by atoms with E-state index in [-0.39, 0.29) is 17.4 Å². The Morgan fingerprint density at radius 1 is 0.949 bits per heavy atom. The van der Waals surface area contributed by atoms with E-state index in [1.165, 1.54) is 18.4 Å². The van der Waals surface area contributed by atoms with Crippen LogP contribution in [0.25, 0.3) is 11.1 Å². The second kappa shape index (κ2) is 14.7. The average molecular weight is 551 g/mol. The molecule has 39 heavy (non-hydrogen) atoms. The van der Waals surface area contributed by atoms with Crippen molar-refractivity contribution in [2.75, 3.05) is 19.6 Å². The molecule has 1 amide bonds. The normalized spacial score (nSPS) is 15.5. The third-order valence-electron chi connectivity index (χ3n) is 7.70. The van der Waals surface area contributed by atoms with E-state index in [9.17, 15) is 4.79 Å². The maximum absolute atomic E-state index is 13.2. The van der Waals surface area contributed by atoms with Gasteiger partial charge in [-0.3, -0.25) is 4.79 Å². The minimum Gasteiger partial charge on any atom is -0.450 e. The third-order valence-corrected chi connectivity index (χ3v) is 7.96. The summed E-state index contributed by atoms with van der Waals surface area (Å²) in [4.78, 5) is 24.3. The Hall–Kier alpha value is -3.35. The van der Waals surface area contributed by atoms with Gasteiger partial charge in [-0.05, 0) is 79.0 Å². The fourth-order valence-electron chi connectivity index (χ4n) is 5.18. The standard InChI is InChI=1S/C31H37ClN2O.CH2O3/c1-3-31(2,25-10-5-4-6-11-25)20-9-21-34-22-18-27(19-23-34)33-30(35)29-13-8-7-12-28(29)24-14-16-26(32)17-15-24;2-1(3)4/h4-8,10-17,27H,3,9,18-23H2,1-2H3,(H,33,35);(H2,2,3,4). The fourth-order valence-corrected chi connectivity index (χ4v) is 5.31. The summed E-state index contributed by atoms with van der Waals surface area (Å²) in [7, 11) is 0. The van der Waals surface area contributed by atoms with E-state index in [2.05, 4.69) is 54.4 Å². The van der Waals surface area contributed by atoms with Crippen LogP contribution in [0, 0.1) is 0 Å². The number of amides is 1. The summed E-state index contributed by atoms with van der Waals surface area (Å²) in [6, 6.07) is 26.6. The highest BCUT2D eigenvalue weighted by Gasteiger charge is 2.26. The van der Waals surface area contributed by atoms with Crippen LogP contribution in [0.2, 0.25) is 5.02 Å². The van der Waals surface area contributed by atoms with Gasteiger partial charge in [0.15, 0.2) is 0 Å². The smallest absolute Gasteiger partial charge is 0.450 e. The molecule has 1 fully saturated rings. The lowest BCUT2D eigenvalue weighted by Crippen LogP contribution is -2.45. The van der Waals surface area contributed by atoms with E-state index < -0.39 is 6.16 Å². The van der Waals surface area contributed by atoms with Crippen molar-refractivity contribution in [3.8, 4) is 11.1 Å². The molecule has 1 heterocycles. The molecular formula is C32H39ClN2O4. The number of hydrogen-bond acceptors (Lipinski definition) is 3. The molecule has 0 aromatic heterocycles. The van der Waals surface area contributed by atoms with Gasteiger partial charge >= 0.3 is 6.16 Å². The molecule has 7 heteroatoms. The lowest BCUT2D eigenvalue weighted by molar-refractivity contribution is 0.0910. The predicted octanol–water partition coefficient (Wildman–Crippen LogP) is 7.57. The minimum absolute atomic E-state index is 0.00979. The number of nitrogens with zero attached hydrogens (tertiary/aromatic N) is 1. The zero-order valence-corrected chi connectivity index (χ0v) is 23.5. The van der Waals surface area contributed by atoms with E-state index in [4.69, 9.17) is 26.6 Å². The van der Waals surface area contributed by atoms with Crippen molar-refractivity contribution >= 4 is 23.7 Å². The molecule has 1 saturated heterocycles. The maximum Gasteiger partial charge on any atom is 0.503 e. The molecule has 1 atom stereocenters. The molecule has 3 N–H and O–H groups in total. The minimum atomic E-state index is -1.83. The Morgan fingerprint density at radius 3 is 2.15 bits per heavy atom. The Bertz CT molecular complexity index is 1190. The van der Waals surface area contributed by atoms with Crippen molar-refractivity contribution in [3.63, 3.8) is 0 Å². The van der Waals surface area contributed by atoms with Gasteiger partial charge in [0, 0.05) is 29.7 Å². The molecule has 1 unspecified atom stereocenters. The SMILES string of the molecule is CCC(C)(CCCN1CCC(NC(=O)c2ccccc2-c2ccc(Cl)cc2)CC1)c1ccccc1.O=C(O)O. The number of piperidine rings is 1. The van der Waals surface area contributed by atoms with Gasteiger partial charge in [-0.25, -0.2) is 4.79 Å². The van der Waals surface area contributed by atoms with E-state index >= 15 is 0 Å². The number of carboxylic acid groups (broad SMARTS) is 2. The lowest BCUT2D eigenvalue weighted by atomic mass is 9.76. The number of halogens is 1. The number of benzene rings is 3. The number of carbonyl (C=O) groups is 2. The van der Waals surface area contributed by atoms with Crippen LogP contribution in [0.3, 0.4) is 0 Å². The van der Waals surface area contributed by atoms with Gasteiger partial charge in [0.1, 0.15) is 0 Å². The third kappa shape index (κ3) is 9.12. The second-order valence-electron chi connectivity index (χ2n) is 10.3. The molecular weight excluding hydrogens is 512 g/mol. The van der Waals surface area contributed by atoms with Gasteiger partial charge < -0.3 is 20.4 Å². The van der Waals surface area contributed by atoms with Gasteiger partial charge in [-0.15, -0.1) is 0 Å². The summed E-state index contributed by atoms with van der Waals surface area (Å²) in [6.07, 6.45) is 3.72. The quantitative estimate of drug-likeness (QED) is 0.255. The van der Waals surface area contributed by atoms with E-state index in [0.29, 0.717) is 5.02 Å². The van der Waals surface area contributed by atoms with Crippen LogP contribution in [0.15, 0.2) is 78.9 Å². The van der Waals surface area contributed by atoms with Crippen LogP contribution < -0.4 is 5.32 Å². The molecule has 0 saturated carbocycles. The Morgan fingerprint density at radius 2 is 1.54 bits per heavy atom. The molecule has 3 aromatic carbocycles. The second-order valence-corrected chi connectivity index (χ2v) is 10.7. The lowest BCUT2D eigenvalue weighted by Gasteiger charge is -2.34. The molecule has 1 aliphatic rings. The van der Waals surface area contributed by atoms with Gasteiger partial charge in [-0.2, -0.15) is 0 Å².